The van der Waals surface area contributed by atoms with Crippen LogP contribution in [-0.2, 0) is 4.79 Å². The number of carbonyl (C=O) groups is 1. The van der Waals surface area contributed by atoms with Crippen molar-refractivity contribution < 1.29 is 14.6 Å². The number of aliphatic hydroxyl groups excluding tert-OH is 1. The first kappa shape index (κ1) is 16.1. The van der Waals surface area contributed by atoms with Gasteiger partial charge < -0.3 is 15.2 Å². The second-order valence-corrected chi connectivity index (χ2v) is 5.10. The van der Waals surface area contributed by atoms with Crippen LogP contribution in [0.4, 0.5) is 0 Å². The number of hydrogen-bond acceptors (Lipinski definition) is 3. The third-order valence-electron chi connectivity index (χ3n) is 2.41. The average molecular weight is 306 g/mol. The number of rotatable bonds is 7. The van der Waals surface area contributed by atoms with Gasteiger partial charge in [0.1, 0.15) is 5.75 Å². The zero-order chi connectivity index (χ0) is 14.3. The molecule has 1 amide bonds. The lowest BCUT2D eigenvalue weighted by Crippen LogP contribution is -2.36. The third-order valence-corrected chi connectivity index (χ3v) is 2.85. The topological polar surface area (TPSA) is 58.6 Å². The first-order valence-corrected chi connectivity index (χ1v) is 6.76. The molecule has 0 aliphatic carbocycles. The molecule has 0 spiro atoms. The van der Waals surface area contributed by atoms with Gasteiger partial charge >= 0.3 is 0 Å². The average Bonchev–Trinajstić information content (AvgIpc) is 2.33. The fourth-order valence-corrected chi connectivity index (χ4v) is 2.05. The fourth-order valence-electron chi connectivity index (χ4n) is 1.55. The summed E-state index contributed by atoms with van der Waals surface area (Å²) in [6, 6.07) is 4.78. The standard InChI is InChI=1S/C13H17Cl2NO3/c1-9(3-2-4-17)16-13(18)8-19-12-6-10(14)5-11(15)7-12/h5-7,9,17H,2-4,8H2,1H3,(H,16,18). The molecule has 0 fully saturated rings. The lowest BCUT2D eigenvalue weighted by molar-refractivity contribution is -0.123. The molecule has 1 atom stereocenters. The minimum atomic E-state index is -0.221. The van der Waals surface area contributed by atoms with Gasteiger partial charge in [0, 0.05) is 22.7 Å². The van der Waals surface area contributed by atoms with Crippen molar-refractivity contribution in [1.82, 2.24) is 5.32 Å². The van der Waals surface area contributed by atoms with Crippen molar-refractivity contribution in [2.75, 3.05) is 13.2 Å². The highest BCUT2D eigenvalue weighted by atomic mass is 35.5. The molecule has 0 radical (unpaired) electrons. The molecule has 0 aliphatic heterocycles. The van der Waals surface area contributed by atoms with Gasteiger partial charge in [-0.25, -0.2) is 0 Å². The summed E-state index contributed by atoms with van der Waals surface area (Å²) in [5.74, 6) is 0.234. The van der Waals surface area contributed by atoms with Crippen LogP contribution >= 0.6 is 23.2 Å². The van der Waals surface area contributed by atoms with E-state index in [0.29, 0.717) is 22.2 Å². The van der Waals surface area contributed by atoms with E-state index >= 15 is 0 Å². The van der Waals surface area contributed by atoms with E-state index in [2.05, 4.69) is 5.32 Å². The summed E-state index contributed by atoms with van der Waals surface area (Å²) < 4.78 is 5.30. The second-order valence-electron chi connectivity index (χ2n) is 4.23. The lowest BCUT2D eigenvalue weighted by Gasteiger charge is -2.13. The molecule has 0 aromatic heterocycles. The number of carbonyl (C=O) groups excluding carboxylic acids is 1. The molecule has 0 aliphatic rings. The van der Waals surface area contributed by atoms with E-state index < -0.39 is 0 Å². The molecule has 6 heteroatoms. The Kier molecular flexibility index (Phi) is 6.99. The van der Waals surface area contributed by atoms with E-state index in [-0.39, 0.29) is 25.2 Å². The van der Waals surface area contributed by atoms with Crippen LogP contribution in [0.5, 0.6) is 5.75 Å². The van der Waals surface area contributed by atoms with Crippen LogP contribution in [-0.4, -0.2) is 30.3 Å². The second kappa shape index (κ2) is 8.25. The van der Waals surface area contributed by atoms with Crippen LogP contribution in [0.3, 0.4) is 0 Å². The molecule has 4 nitrogen and oxygen atoms in total. The van der Waals surface area contributed by atoms with E-state index in [1.807, 2.05) is 6.92 Å². The highest BCUT2D eigenvalue weighted by Crippen LogP contribution is 2.23. The van der Waals surface area contributed by atoms with Crippen LogP contribution in [0.25, 0.3) is 0 Å². The Labute approximate surface area is 122 Å². The fraction of sp³-hybridized carbons (Fsp3) is 0.462. The quantitative estimate of drug-likeness (QED) is 0.814. The van der Waals surface area contributed by atoms with Crippen molar-refractivity contribution in [2.24, 2.45) is 0 Å². The highest BCUT2D eigenvalue weighted by Gasteiger charge is 2.08. The predicted molar refractivity (Wildman–Crippen MR) is 75.9 cm³/mol. The minimum Gasteiger partial charge on any atom is -0.484 e. The van der Waals surface area contributed by atoms with Gasteiger partial charge in [0.25, 0.3) is 5.91 Å². The zero-order valence-corrected chi connectivity index (χ0v) is 12.2. The monoisotopic (exact) mass is 305 g/mol. The molecule has 0 bridgehead atoms. The van der Waals surface area contributed by atoms with Gasteiger partial charge in [-0.15, -0.1) is 0 Å². The van der Waals surface area contributed by atoms with Crippen LogP contribution < -0.4 is 10.1 Å². The molecule has 19 heavy (non-hydrogen) atoms. The molecule has 1 aromatic rings. The SMILES string of the molecule is CC(CCCO)NC(=O)COc1cc(Cl)cc(Cl)c1. The van der Waals surface area contributed by atoms with Gasteiger partial charge in [0.15, 0.2) is 6.61 Å². The largest absolute Gasteiger partial charge is 0.484 e. The van der Waals surface area contributed by atoms with Crippen molar-refractivity contribution in [2.45, 2.75) is 25.8 Å². The summed E-state index contributed by atoms with van der Waals surface area (Å²) in [6.45, 7) is 1.90. The van der Waals surface area contributed by atoms with Gasteiger partial charge in [-0.3, -0.25) is 4.79 Å². The minimum absolute atomic E-state index is 0.00574. The number of ether oxygens (including phenoxy) is 1. The summed E-state index contributed by atoms with van der Waals surface area (Å²) in [4.78, 5) is 11.6. The number of hydrogen-bond donors (Lipinski definition) is 2. The van der Waals surface area contributed by atoms with E-state index in [1.165, 1.54) is 0 Å². The first-order valence-electron chi connectivity index (χ1n) is 6.00. The number of amides is 1. The maximum absolute atomic E-state index is 11.6. The van der Waals surface area contributed by atoms with E-state index in [4.69, 9.17) is 33.0 Å². The number of nitrogens with one attached hydrogen (secondary N) is 1. The van der Waals surface area contributed by atoms with Gasteiger partial charge in [-0.05, 0) is 38.0 Å². The van der Waals surface area contributed by atoms with E-state index in [0.717, 1.165) is 6.42 Å². The summed E-state index contributed by atoms with van der Waals surface area (Å²) >= 11 is 11.6. The van der Waals surface area contributed by atoms with E-state index in [9.17, 15) is 4.79 Å². The van der Waals surface area contributed by atoms with Crippen molar-refractivity contribution in [3.8, 4) is 5.75 Å². The molecule has 106 valence electrons. The Morgan fingerprint density at radius 2 is 2.00 bits per heavy atom. The van der Waals surface area contributed by atoms with Crippen LogP contribution in [0.15, 0.2) is 18.2 Å². The molecular weight excluding hydrogens is 289 g/mol. The molecular formula is C13H17Cl2NO3. The molecule has 0 heterocycles. The first-order chi connectivity index (χ1) is 9.01. The van der Waals surface area contributed by atoms with Crippen LogP contribution in [0, 0.1) is 0 Å². The van der Waals surface area contributed by atoms with Gasteiger partial charge in [-0.2, -0.15) is 0 Å². The van der Waals surface area contributed by atoms with Crippen molar-refractivity contribution >= 4 is 29.1 Å². The summed E-state index contributed by atoms with van der Waals surface area (Å²) in [6.07, 6.45) is 1.39. The molecule has 1 unspecified atom stereocenters. The van der Waals surface area contributed by atoms with Gasteiger partial charge in [0.2, 0.25) is 0 Å². The molecule has 2 N–H and O–H groups in total. The van der Waals surface area contributed by atoms with Crippen molar-refractivity contribution in [3.05, 3.63) is 28.2 Å². The Morgan fingerprint density at radius 1 is 1.37 bits per heavy atom. The zero-order valence-electron chi connectivity index (χ0n) is 10.7. The van der Waals surface area contributed by atoms with Gasteiger partial charge in [-0.1, -0.05) is 23.2 Å². The smallest absolute Gasteiger partial charge is 0.258 e. The number of halogens is 2. The number of aliphatic hydroxyl groups is 1. The molecule has 0 saturated carbocycles. The lowest BCUT2D eigenvalue weighted by atomic mass is 10.2. The van der Waals surface area contributed by atoms with Gasteiger partial charge in [0.05, 0.1) is 0 Å². The Hall–Kier alpha value is -0.970. The third kappa shape index (κ3) is 6.66. The Balaban J connectivity index is 2.37. The van der Waals surface area contributed by atoms with Crippen molar-refractivity contribution in [3.63, 3.8) is 0 Å². The summed E-state index contributed by atoms with van der Waals surface area (Å²) in [5.41, 5.74) is 0. The van der Waals surface area contributed by atoms with Crippen LogP contribution in [0.2, 0.25) is 10.0 Å². The Bertz CT molecular complexity index is 406. The Morgan fingerprint density at radius 3 is 2.58 bits per heavy atom. The predicted octanol–water partition coefficient (Wildman–Crippen LogP) is 2.65. The maximum atomic E-state index is 11.6. The highest BCUT2D eigenvalue weighted by molar-refractivity contribution is 6.34. The molecule has 1 rings (SSSR count). The molecule has 1 aromatic carbocycles. The normalized spacial score (nSPS) is 12.0. The van der Waals surface area contributed by atoms with E-state index in [1.54, 1.807) is 18.2 Å². The van der Waals surface area contributed by atoms with Crippen molar-refractivity contribution in [1.29, 1.82) is 0 Å². The van der Waals surface area contributed by atoms with Crippen LogP contribution in [0.1, 0.15) is 19.8 Å². The summed E-state index contributed by atoms with van der Waals surface area (Å²) in [5, 5.41) is 12.4. The maximum Gasteiger partial charge on any atom is 0.258 e. The number of benzene rings is 1. The summed E-state index contributed by atoms with van der Waals surface area (Å²) in [7, 11) is 0. The molecule has 0 saturated heterocycles.